The largest absolute Gasteiger partial charge is 0.378 e. The number of anilines is 1. The number of aromatic amines is 1. The summed E-state index contributed by atoms with van der Waals surface area (Å²) in [5.41, 5.74) is 4.31. The third-order valence-corrected chi connectivity index (χ3v) is 3.96. The molecule has 0 unspecified atom stereocenters. The number of H-pyrrole nitrogens is 1. The van der Waals surface area contributed by atoms with Crippen molar-refractivity contribution in [2.45, 2.75) is 6.92 Å². The van der Waals surface area contributed by atoms with Crippen molar-refractivity contribution in [3.63, 3.8) is 0 Å². The number of hydrogen-bond donors (Lipinski definition) is 1. The topological polar surface area (TPSA) is 49.2 Å². The Balaban J connectivity index is 1.94. The highest BCUT2D eigenvalue weighted by molar-refractivity contribution is 7.71. The molecule has 0 fully saturated rings. The van der Waals surface area contributed by atoms with E-state index in [4.69, 9.17) is 12.2 Å². The lowest BCUT2D eigenvalue weighted by atomic mass is 10.2. The molecule has 0 aliphatic carbocycles. The zero-order valence-electron chi connectivity index (χ0n) is 13.9. The molecule has 3 aromatic rings. The van der Waals surface area contributed by atoms with Crippen molar-refractivity contribution >= 4 is 24.1 Å². The van der Waals surface area contributed by atoms with Gasteiger partial charge in [-0.2, -0.15) is 14.9 Å². The molecule has 0 spiro atoms. The van der Waals surface area contributed by atoms with Gasteiger partial charge in [-0.25, -0.2) is 5.10 Å². The molecule has 3 rings (SSSR count). The lowest BCUT2D eigenvalue weighted by molar-refractivity contribution is 0.871. The van der Waals surface area contributed by atoms with Gasteiger partial charge < -0.3 is 4.90 Å². The number of nitrogens with one attached hydrogen (secondary N) is 1. The van der Waals surface area contributed by atoms with Gasteiger partial charge in [-0.05, 0) is 49.0 Å². The van der Waals surface area contributed by atoms with Crippen LogP contribution < -0.4 is 4.90 Å². The van der Waals surface area contributed by atoms with Crippen molar-refractivity contribution in [1.29, 1.82) is 0 Å². The van der Waals surface area contributed by atoms with Crippen LogP contribution in [0.4, 0.5) is 5.69 Å². The fourth-order valence-corrected chi connectivity index (χ4v) is 2.45. The van der Waals surface area contributed by atoms with Crippen LogP contribution in [0.15, 0.2) is 53.6 Å². The molecule has 0 saturated carbocycles. The molecule has 6 heteroatoms. The lowest BCUT2D eigenvalue weighted by Crippen LogP contribution is -2.08. The quantitative estimate of drug-likeness (QED) is 0.581. The second-order valence-corrected chi connectivity index (χ2v) is 6.15. The highest BCUT2D eigenvalue weighted by atomic mass is 32.1. The zero-order valence-corrected chi connectivity index (χ0v) is 14.7. The molecule has 0 aliphatic heterocycles. The molecule has 122 valence electrons. The van der Waals surface area contributed by atoms with E-state index in [2.05, 4.69) is 39.3 Å². The Morgan fingerprint density at radius 1 is 1.08 bits per heavy atom. The average Bonchev–Trinajstić information content (AvgIpc) is 2.95. The minimum atomic E-state index is 0.463. The molecule has 0 saturated heterocycles. The summed E-state index contributed by atoms with van der Waals surface area (Å²) >= 11 is 5.30. The van der Waals surface area contributed by atoms with Gasteiger partial charge in [0.05, 0.1) is 6.21 Å². The molecule has 24 heavy (non-hydrogen) atoms. The van der Waals surface area contributed by atoms with Crippen molar-refractivity contribution in [1.82, 2.24) is 14.9 Å². The number of aromatic nitrogens is 3. The van der Waals surface area contributed by atoms with Crippen LogP contribution in [0.1, 0.15) is 11.1 Å². The van der Waals surface area contributed by atoms with E-state index in [9.17, 15) is 0 Å². The molecule has 1 N–H and O–H groups in total. The predicted molar refractivity (Wildman–Crippen MR) is 101 cm³/mol. The average molecular weight is 337 g/mol. The predicted octanol–water partition coefficient (Wildman–Crippen LogP) is 3.86. The van der Waals surface area contributed by atoms with E-state index in [0.717, 1.165) is 16.8 Å². The maximum atomic E-state index is 5.30. The van der Waals surface area contributed by atoms with Gasteiger partial charge in [-0.3, -0.25) is 0 Å². The fraction of sp³-hybridized carbons (Fsp3) is 0.167. The van der Waals surface area contributed by atoms with Crippen LogP contribution in [0.2, 0.25) is 0 Å². The van der Waals surface area contributed by atoms with Crippen molar-refractivity contribution in [2.75, 3.05) is 19.0 Å². The molecular weight excluding hydrogens is 318 g/mol. The summed E-state index contributed by atoms with van der Waals surface area (Å²) in [6, 6.07) is 16.3. The zero-order chi connectivity index (χ0) is 17.1. The summed E-state index contributed by atoms with van der Waals surface area (Å²) in [7, 11) is 4.02. The number of hydrogen-bond acceptors (Lipinski definition) is 4. The number of benzene rings is 2. The summed E-state index contributed by atoms with van der Waals surface area (Å²) in [5, 5.41) is 11.6. The third kappa shape index (κ3) is 3.44. The Bertz CT molecular complexity index is 902. The Hall–Kier alpha value is -2.73. The second kappa shape index (κ2) is 6.80. The molecule has 1 aromatic heterocycles. The van der Waals surface area contributed by atoms with E-state index in [1.54, 1.807) is 10.9 Å². The first-order valence-corrected chi connectivity index (χ1v) is 8.01. The van der Waals surface area contributed by atoms with Crippen molar-refractivity contribution < 1.29 is 0 Å². The minimum absolute atomic E-state index is 0.463. The monoisotopic (exact) mass is 337 g/mol. The van der Waals surface area contributed by atoms with Gasteiger partial charge in [0.15, 0.2) is 5.82 Å². The molecule has 1 heterocycles. The van der Waals surface area contributed by atoms with Crippen LogP contribution in [-0.4, -0.2) is 35.2 Å². The van der Waals surface area contributed by atoms with E-state index in [-0.39, 0.29) is 0 Å². The van der Waals surface area contributed by atoms with Crippen LogP contribution in [0.25, 0.3) is 11.4 Å². The Kier molecular flexibility index (Phi) is 4.57. The van der Waals surface area contributed by atoms with Gasteiger partial charge >= 0.3 is 0 Å². The van der Waals surface area contributed by atoms with E-state index in [0.29, 0.717) is 10.6 Å². The van der Waals surface area contributed by atoms with Gasteiger partial charge in [-0.15, -0.1) is 0 Å². The van der Waals surface area contributed by atoms with Gasteiger partial charge in [0, 0.05) is 25.3 Å². The van der Waals surface area contributed by atoms with Gasteiger partial charge in [0.2, 0.25) is 4.77 Å². The summed E-state index contributed by atoms with van der Waals surface area (Å²) in [4.78, 5) is 2.05. The van der Waals surface area contributed by atoms with E-state index >= 15 is 0 Å². The molecule has 0 amide bonds. The fourth-order valence-electron chi connectivity index (χ4n) is 2.27. The van der Waals surface area contributed by atoms with Gasteiger partial charge in [0.1, 0.15) is 0 Å². The maximum Gasteiger partial charge on any atom is 0.216 e. The molecule has 0 radical (unpaired) electrons. The van der Waals surface area contributed by atoms with E-state index in [1.165, 1.54) is 5.56 Å². The summed E-state index contributed by atoms with van der Waals surface area (Å²) in [5.74, 6) is 0.689. The van der Waals surface area contributed by atoms with Crippen molar-refractivity contribution in [3.05, 3.63) is 64.4 Å². The minimum Gasteiger partial charge on any atom is -0.378 e. The highest BCUT2D eigenvalue weighted by Crippen LogP contribution is 2.21. The molecule has 0 aliphatic rings. The van der Waals surface area contributed by atoms with Crippen LogP contribution in [0, 0.1) is 11.7 Å². The number of aryl methyl sites for hydroxylation is 1. The van der Waals surface area contributed by atoms with E-state index < -0.39 is 0 Å². The SMILES string of the molecule is Cc1ccc(C=Nn2c(-c3ccc(N(C)C)cc3)n[nH]c2=S)cc1. The second-order valence-electron chi connectivity index (χ2n) is 5.76. The first-order valence-electron chi connectivity index (χ1n) is 7.61. The Morgan fingerprint density at radius 3 is 2.38 bits per heavy atom. The molecule has 0 atom stereocenters. The summed E-state index contributed by atoms with van der Waals surface area (Å²) < 4.78 is 2.10. The van der Waals surface area contributed by atoms with Crippen LogP contribution >= 0.6 is 12.2 Å². The number of nitrogens with zero attached hydrogens (tertiary/aromatic N) is 4. The maximum absolute atomic E-state index is 5.30. The molecule has 0 bridgehead atoms. The number of rotatable bonds is 4. The van der Waals surface area contributed by atoms with Gasteiger partial charge in [-0.1, -0.05) is 29.8 Å². The first kappa shape index (κ1) is 16.1. The van der Waals surface area contributed by atoms with Crippen molar-refractivity contribution in [3.8, 4) is 11.4 Å². The summed E-state index contributed by atoms with van der Waals surface area (Å²) in [6.07, 6.45) is 1.78. The first-order chi connectivity index (χ1) is 11.5. The van der Waals surface area contributed by atoms with Crippen LogP contribution in [-0.2, 0) is 0 Å². The van der Waals surface area contributed by atoms with Crippen molar-refractivity contribution in [2.24, 2.45) is 5.10 Å². The third-order valence-electron chi connectivity index (χ3n) is 3.69. The Labute approximate surface area is 146 Å². The Morgan fingerprint density at radius 2 is 1.75 bits per heavy atom. The molecular formula is C18H19N5S. The van der Waals surface area contributed by atoms with E-state index in [1.807, 2.05) is 50.5 Å². The van der Waals surface area contributed by atoms with Gasteiger partial charge in [0.25, 0.3) is 0 Å². The lowest BCUT2D eigenvalue weighted by Gasteiger charge is -2.12. The standard InChI is InChI=1S/C18H19N5S/c1-13-4-6-14(7-5-13)12-19-23-17(20-21-18(23)24)15-8-10-16(11-9-15)22(2)3/h4-12H,1-3H3,(H,21,24). The normalized spacial score (nSPS) is 11.1. The van der Waals surface area contributed by atoms with Crippen LogP contribution in [0.3, 0.4) is 0 Å². The smallest absolute Gasteiger partial charge is 0.216 e. The molecule has 2 aromatic carbocycles. The van der Waals surface area contributed by atoms with Crippen LogP contribution in [0.5, 0.6) is 0 Å². The molecule has 5 nitrogen and oxygen atoms in total. The summed E-state index contributed by atoms with van der Waals surface area (Å²) in [6.45, 7) is 2.06. The highest BCUT2D eigenvalue weighted by Gasteiger charge is 2.08.